The van der Waals surface area contributed by atoms with Crippen LogP contribution >= 0.6 is 23.2 Å². The summed E-state index contributed by atoms with van der Waals surface area (Å²) in [7, 11) is 0. The van der Waals surface area contributed by atoms with E-state index in [1.54, 1.807) is 23.1 Å². The van der Waals surface area contributed by atoms with Crippen LogP contribution in [0.3, 0.4) is 0 Å². The van der Waals surface area contributed by atoms with Gasteiger partial charge >= 0.3 is 0 Å². The van der Waals surface area contributed by atoms with Gasteiger partial charge < -0.3 is 9.42 Å². The molecule has 2 aromatic carbocycles. The van der Waals surface area contributed by atoms with E-state index in [1.165, 1.54) is 0 Å². The molecule has 0 radical (unpaired) electrons. The minimum absolute atomic E-state index is 0.00583. The van der Waals surface area contributed by atoms with Crippen molar-refractivity contribution in [3.05, 3.63) is 64.0 Å². The third-order valence-corrected chi connectivity index (χ3v) is 5.00. The number of hydrogen-bond acceptors (Lipinski definition) is 4. The van der Waals surface area contributed by atoms with Crippen molar-refractivity contribution in [1.82, 2.24) is 10.1 Å². The zero-order chi connectivity index (χ0) is 18.3. The summed E-state index contributed by atoms with van der Waals surface area (Å²) >= 11 is 12.3. The van der Waals surface area contributed by atoms with Crippen LogP contribution in [-0.4, -0.2) is 22.6 Å². The number of aromatic nitrogens is 2. The van der Waals surface area contributed by atoms with Gasteiger partial charge in [-0.15, -0.1) is 0 Å². The maximum absolute atomic E-state index is 12.5. The summed E-state index contributed by atoms with van der Waals surface area (Å²) in [4.78, 5) is 18.7. The van der Waals surface area contributed by atoms with Gasteiger partial charge in [0.05, 0.1) is 16.6 Å². The van der Waals surface area contributed by atoms with E-state index in [-0.39, 0.29) is 11.8 Å². The van der Waals surface area contributed by atoms with Crippen LogP contribution < -0.4 is 4.90 Å². The van der Waals surface area contributed by atoms with Crippen LogP contribution in [0.25, 0.3) is 11.4 Å². The first-order valence-corrected chi connectivity index (χ1v) is 8.93. The second-order valence-electron chi connectivity index (χ2n) is 6.28. The topological polar surface area (TPSA) is 59.2 Å². The van der Waals surface area contributed by atoms with Gasteiger partial charge in [0.15, 0.2) is 0 Å². The van der Waals surface area contributed by atoms with Gasteiger partial charge in [0.1, 0.15) is 0 Å². The fourth-order valence-corrected chi connectivity index (χ4v) is 3.71. The number of halogens is 2. The molecule has 0 N–H and O–H groups in total. The highest BCUT2D eigenvalue weighted by atomic mass is 35.5. The van der Waals surface area contributed by atoms with Gasteiger partial charge in [0.2, 0.25) is 17.6 Å². The molecule has 5 nitrogen and oxygen atoms in total. The lowest BCUT2D eigenvalue weighted by molar-refractivity contribution is -0.117. The van der Waals surface area contributed by atoms with Crippen LogP contribution in [0.5, 0.6) is 0 Å². The van der Waals surface area contributed by atoms with Crippen molar-refractivity contribution in [3.8, 4) is 11.4 Å². The lowest BCUT2D eigenvalue weighted by atomic mass is 10.1. The molecule has 0 bridgehead atoms. The summed E-state index contributed by atoms with van der Waals surface area (Å²) in [5, 5.41) is 5.19. The molecule has 1 atom stereocenters. The fourth-order valence-electron chi connectivity index (χ4n) is 3.20. The van der Waals surface area contributed by atoms with E-state index in [0.717, 1.165) is 16.8 Å². The number of carbonyl (C=O) groups excluding carboxylic acids is 1. The summed E-state index contributed by atoms with van der Waals surface area (Å²) in [6.45, 7) is 2.40. The molecule has 1 amide bonds. The number of carbonyl (C=O) groups is 1. The molecule has 1 fully saturated rings. The Labute approximate surface area is 160 Å². The molecule has 0 aliphatic carbocycles. The predicted octanol–water partition coefficient (Wildman–Crippen LogP) is 4.87. The smallest absolute Gasteiger partial charge is 0.232 e. The van der Waals surface area contributed by atoms with Crippen molar-refractivity contribution in [2.75, 3.05) is 11.4 Å². The molecule has 2 heterocycles. The summed E-state index contributed by atoms with van der Waals surface area (Å²) < 4.78 is 5.42. The Kier molecular flexibility index (Phi) is 4.42. The molecule has 0 saturated carbocycles. The zero-order valence-corrected chi connectivity index (χ0v) is 15.5. The normalized spacial score (nSPS) is 17.1. The molecule has 4 rings (SSSR count). The Balaban J connectivity index is 1.60. The number of aryl methyl sites for hydroxylation is 1. The number of benzene rings is 2. The molecular weight excluding hydrogens is 373 g/mol. The molecule has 1 saturated heterocycles. The maximum Gasteiger partial charge on any atom is 0.232 e. The van der Waals surface area contributed by atoms with Gasteiger partial charge in [0.25, 0.3) is 0 Å². The Morgan fingerprint density at radius 1 is 1.19 bits per heavy atom. The lowest BCUT2D eigenvalue weighted by Crippen LogP contribution is -2.25. The zero-order valence-electron chi connectivity index (χ0n) is 13.9. The number of rotatable bonds is 3. The molecule has 26 heavy (non-hydrogen) atoms. The maximum atomic E-state index is 12.5. The standard InChI is InChI=1S/C19H15Cl2N3O2/c1-11-4-2-7-15(21)17(11)24-10-13(9-16(24)25)19-22-18(23-26-19)12-5-3-6-14(20)8-12/h2-8,13H,9-10H2,1H3. The first-order chi connectivity index (χ1) is 12.5. The highest BCUT2D eigenvalue weighted by Gasteiger charge is 2.36. The summed E-state index contributed by atoms with van der Waals surface area (Å²) in [6.07, 6.45) is 0.307. The van der Waals surface area contributed by atoms with Crippen LogP contribution in [0.4, 0.5) is 5.69 Å². The third kappa shape index (κ3) is 3.08. The van der Waals surface area contributed by atoms with Crippen molar-refractivity contribution >= 4 is 34.8 Å². The average molecular weight is 388 g/mol. The van der Waals surface area contributed by atoms with Crippen LogP contribution in [0, 0.1) is 6.92 Å². The van der Waals surface area contributed by atoms with Crippen LogP contribution in [0.1, 0.15) is 23.8 Å². The van der Waals surface area contributed by atoms with E-state index in [1.807, 2.05) is 31.2 Å². The van der Waals surface area contributed by atoms with Crippen molar-refractivity contribution in [2.45, 2.75) is 19.3 Å². The summed E-state index contributed by atoms with van der Waals surface area (Å²) in [5.74, 6) is 0.732. The Hall–Kier alpha value is -2.37. The monoisotopic (exact) mass is 387 g/mol. The van der Waals surface area contributed by atoms with Crippen LogP contribution in [-0.2, 0) is 4.79 Å². The van der Waals surface area contributed by atoms with Crippen LogP contribution in [0.2, 0.25) is 10.0 Å². The molecule has 1 aliphatic heterocycles. The minimum Gasteiger partial charge on any atom is -0.339 e. The number of nitrogens with zero attached hydrogens (tertiary/aromatic N) is 3. The number of amides is 1. The molecule has 1 aliphatic rings. The first kappa shape index (κ1) is 17.1. The predicted molar refractivity (Wildman–Crippen MR) is 101 cm³/mol. The summed E-state index contributed by atoms with van der Waals surface area (Å²) in [6, 6.07) is 12.8. The average Bonchev–Trinajstić information content (AvgIpc) is 3.22. The van der Waals surface area contributed by atoms with Crippen LogP contribution in [0.15, 0.2) is 47.0 Å². The molecular formula is C19H15Cl2N3O2. The van der Waals surface area contributed by atoms with Crippen molar-refractivity contribution in [1.29, 1.82) is 0 Å². The first-order valence-electron chi connectivity index (χ1n) is 8.18. The Morgan fingerprint density at radius 2 is 2.00 bits per heavy atom. The van der Waals surface area contributed by atoms with Gasteiger partial charge in [-0.1, -0.05) is 52.6 Å². The fraction of sp³-hybridized carbons (Fsp3) is 0.211. The second kappa shape index (κ2) is 6.74. The Bertz CT molecular complexity index is 966. The van der Waals surface area contributed by atoms with Crippen molar-refractivity contribution in [3.63, 3.8) is 0 Å². The molecule has 1 aromatic heterocycles. The molecule has 0 spiro atoms. The van der Waals surface area contributed by atoms with Gasteiger partial charge in [-0.05, 0) is 30.7 Å². The minimum atomic E-state index is -0.168. The molecule has 132 valence electrons. The van der Waals surface area contributed by atoms with E-state index in [2.05, 4.69) is 10.1 Å². The van der Waals surface area contributed by atoms with E-state index in [4.69, 9.17) is 27.7 Å². The quantitative estimate of drug-likeness (QED) is 0.642. The lowest BCUT2D eigenvalue weighted by Gasteiger charge is -2.20. The third-order valence-electron chi connectivity index (χ3n) is 4.46. The van der Waals surface area contributed by atoms with E-state index < -0.39 is 0 Å². The van der Waals surface area contributed by atoms with E-state index in [9.17, 15) is 4.79 Å². The number of para-hydroxylation sites is 1. The van der Waals surface area contributed by atoms with E-state index in [0.29, 0.717) is 34.7 Å². The molecule has 7 heteroatoms. The molecule has 3 aromatic rings. The van der Waals surface area contributed by atoms with Gasteiger partial charge in [-0.25, -0.2) is 0 Å². The van der Waals surface area contributed by atoms with E-state index >= 15 is 0 Å². The Morgan fingerprint density at radius 3 is 2.77 bits per heavy atom. The van der Waals surface area contributed by atoms with Gasteiger partial charge in [-0.3, -0.25) is 4.79 Å². The molecule has 1 unspecified atom stereocenters. The summed E-state index contributed by atoms with van der Waals surface area (Å²) in [5.41, 5.74) is 2.48. The second-order valence-corrected chi connectivity index (χ2v) is 7.12. The number of hydrogen-bond donors (Lipinski definition) is 0. The largest absolute Gasteiger partial charge is 0.339 e. The van der Waals surface area contributed by atoms with Gasteiger partial charge in [0, 0.05) is 23.6 Å². The highest BCUT2D eigenvalue weighted by Crippen LogP contribution is 2.37. The van der Waals surface area contributed by atoms with Crippen molar-refractivity contribution < 1.29 is 9.32 Å². The van der Waals surface area contributed by atoms with Gasteiger partial charge in [-0.2, -0.15) is 4.98 Å². The highest BCUT2D eigenvalue weighted by molar-refractivity contribution is 6.34. The number of anilines is 1. The van der Waals surface area contributed by atoms with Crippen molar-refractivity contribution in [2.24, 2.45) is 0 Å². The SMILES string of the molecule is Cc1cccc(Cl)c1N1CC(c2nc(-c3cccc(Cl)c3)no2)CC1=O.